The molecule has 1 N–H and O–H groups in total. The fourth-order valence-corrected chi connectivity index (χ4v) is 5.04. The number of para-hydroxylation sites is 1. The zero-order valence-corrected chi connectivity index (χ0v) is 21.9. The summed E-state index contributed by atoms with van der Waals surface area (Å²) in [6, 6.07) is 22.8. The molecule has 0 aliphatic rings. The molecule has 0 aliphatic carbocycles. The molecule has 4 aromatic rings. The SMILES string of the molecule is BC(CC(C)C)NC(=O)Cn1nc(-c2ccccc2OS(=O)(=O)c2ccccn2)cc1-c1ccccc1. The molecule has 1 amide bonds. The maximum Gasteiger partial charge on any atom is 0.356 e. The third kappa shape index (κ3) is 6.65. The van der Waals surface area contributed by atoms with Crippen molar-refractivity contribution in [2.75, 3.05) is 0 Å². The first-order valence-corrected chi connectivity index (χ1v) is 13.5. The van der Waals surface area contributed by atoms with E-state index in [4.69, 9.17) is 9.28 Å². The number of amides is 1. The first kappa shape index (κ1) is 26.2. The smallest absolute Gasteiger partial charge is 0.356 e. The van der Waals surface area contributed by atoms with Crippen molar-refractivity contribution in [3.8, 4) is 28.3 Å². The van der Waals surface area contributed by atoms with Gasteiger partial charge in [0.05, 0.1) is 11.4 Å². The van der Waals surface area contributed by atoms with Gasteiger partial charge in [-0.3, -0.25) is 9.48 Å². The molecule has 1 atom stereocenters. The molecule has 2 aromatic heterocycles. The highest BCUT2D eigenvalue weighted by atomic mass is 32.2. The van der Waals surface area contributed by atoms with E-state index in [0.29, 0.717) is 17.2 Å². The summed E-state index contributed by atoms with van der Waals surface area (Å²) in [6.07, 6.45) is 2.26. The number of nitrogens with one attached hydrogen (secondary N) is 1. The molecule has 0 saturated heterocycles. The Kier molecular flexibility index (Phi) is 8.08. The van der Waals surface area contributed by atoms with Gasteiger partial charge in [0.25, 0.3) is 0 Å². The van der Waals surface area contributed by atoms with Crippen LogP contribution in [0.4, 0.5) is 0 Å². The van der Waals surface area contributed by atoms with Crippen LogP contribution in [0.3, 0.4) is 0 Å². The molecule has 190 valence electrons. The zero-order valence-electron chi connectivity index (χ0n) is 21.0. The van der Waals surface area contributed by atoms with E-state index in [-0.39, 0.29) is 29.2 Å². The summed E-state index contributed by atoms with van der Waals surface area (Å²) in [5.41, 5.74) is 2.56. The van der Waals surface area contributed by atoms with Crippen LogP contribution in [0.5, 0.6) is 5.75 Å². The summed E-state index contributed by atoms with van der Waals surface area (Å²) in [4.78, 5) is 16.8. The second kappa shape index (κ2) is 11.4. The maximum absolute atomic E-state index is 12.9. The van der Waals surface area contributed by atoms with Crippen LogP contribution >= 0.6 is 0 Å². The zero-order chi connectivity index (χ0) is 26.4. The van der Waals surface area contributed by atoms with Crippen LogP contribution in [0.15, 0.2) is 90.1 Å². The van der Waals surface area contributed by atoms with Crippen LogP contribution < -0.4 is 9.50 Å². The number of carbonyl (C=O) groups excluding carboxylic acids is 1. The van der Waals surface area contributed by atoms with Crippen molar-refractivity contribution in [2.24, 2.45) is 5.92 Å². The van der Waals surface area contributed by atoms with Gasteiger partial charge in [0, 0.05) is 11.8 Å². The minimum absolute atomic E-state index is 0.0158. The highest BCUT2D eigenvalue weighted by molar-refractivity contribution is 7.87. The van der Waals surface area contributed by atoms with Crippen molar-refractivity contribution in [1.82, 2.24) is 20.1 Å². The standard InChI is InChI=1S/C27H29BN4O4S/c1-19(2)16-25(28)30-26(33)18-32-23(20-10-4-3-5-11-20)17-22(31-32)21-12-6-7-13-24(21)36-37(34,35)27-14-8-9-15-29-27/h3-15,17,19,25H,16,18,28H2,1-2H3,(H,30,33). The molecule has 10 heteroatoms. The predicted molar refractivity (Wildman–Crippen MR) is 145 cm³/mol. The predicted octanol–water partition coefficient (Wildman–Crippen LogP) is 3.50. The fourth-order valence-electron chi connectivity index (χ4n) is 4.14. The van der Waals surface area contributed by atoms with E-state index < -0.39 is 10.1 Å². The highest BCUT2D eigenvalue weighted by Crippen LogP contribution is 2.33. The number of benzene rings is 2. The number of rotatable bonds is 10. The summed E-state index contributed by atoms with van der Waals surface area (Å²) in [6.45, 7) is 4.24. The first-order chi connectivity index (χ1) is 17.7. The van der Waals surface area contributed by atoms with E-state index in [1.54, 1.807) is 41.1 Å². The molecular formula is C27H29BN4O4S. The molecule has 0 aliphatic heterocycles. The van der Waals surface area contributed by atoms with E-state index in [2.05, 4.69) is 24.1 Å². The van der Waals surface area contributed by atoms with E-state index >= 15 is 0 Å². The average Bonchev–Trinajstić information content (AvgIpc) is 3.28. The summed E-state index contributed by atoms with van der Waals surface area (Å²) in [5, 5.41) is 7.54. The molecule has 1 unspecified atom stereocenters. The first-order valence-electron chi connectivity index (χ1n) is 12.1. The lowest BCUT2D eigenvalue weighted by atomic mass is 9.88. The molecular weight excluding hydrogens is 487 g/mol. The van der Waals surface area contributed by atoms with Crippen LogP contribution in [0.1, 0.15) is 20.3 Å². The second-order valence-corrected chi connectivity index (χ2v) is 10.7. The van der Waals surface area contributed by atoms with Gasteiger partial charge in [-0.2, -0.15) is 13.5 Å². The van der Waals surface area contributed by atoms with E-state index in [9.17, 15) is 13.2 Å². The lowest BCUT2D eigenvalue weighted by Gasteiger charge is -2.16. The van der Waals surface area contributed by atoms with E-state index in [1.807, 2.05) is 44.2 Å². The molecule has 0 fully saturated rings. The van der Waals surface area contributed by atoms with Crippen molar-refractivity contribution in [3.63, 3.8) is 0 Å². The molecule has 8 nitrogen and oxygen atoms in total. The number of pyridine rings is 1. The van der Waals surface area contributed by atoms with Gasteiger partial charge in [0.1, 0.15) is 14.4 Å². The Hall–Kier alpha value is -3.92. The van der Waals surface area contributed by atoms with E-state index in [0.717, 1.165) is 17.7 Å². The summed E-state index contributed by atoms with van der Waals surface area (Å²) in [7, 11) is -2.17. The molecule has 4 rings (SSSR count). The van der Waals surface area contributed by atoms with Crippen LogP contribution in [0.25, 0.3) is 22.5 Å². The largest absolute Gasteiger partial charge is 0.377 e. The molecule has 0 bridgehead atoms. The number of carbonyl (C=O) groups is 1. The number of hydrogen-bond acceptors (Lipinski definition) is 6. The Bertz CT molecular complexity index is 1460. The van der Waals surface area contributed by atoms with Crippen LogP contribution in [0.2, 0.25) is 0 Å². The summed E-state index contributed by atoms with van der Waals surface area (Å²) >= 11 is 0. The number of aromatic nitrogens is 3. The normalized spacial score (nSPS) is 12.3. The van der Waals surface area contributed by atoms with Gasteiger partial charge in [0.15, 0.2) is 10.8 Å². The third-order valence-corrected chi connectivity index (χ3v) is 6.78. The van der Waals surface area contributed by atoms with Crippen molar-refractivity contribution in [1.29, 1.82) is 0 Å². The lowest BCUT2D eigenvalue weighted by Crippen LogP contribution is -2.38. The molecule has 2 aromatic carbocycles. The summed E-state index contributed by atoms with van der Waals surface area (Å²) in [5.74, 6) is 0.466. The van der Waals surface area contributed by atoms with Crippen molar-refractivity contribution in [3.05, 3.63) is 85.1 Å². The maximum atomic E-state index is 12.9. The number of hydrogen-bond donors (Lipinski definition) is 1. The molecule has 0 radical (unpaired) electrons. The Balaban J connectivity index is 1.69. The van der Waals surface area contributed by atoms with Crippen LogP contribution in [-0.4, -0.2) is 42.9 Å². The Morgan fingerprint density at radius 2 is 1.73 bits per heavy atom. The minimum Gasteiger partial charge on any atom is -0.377 e. The molecule has 0 spiro atoms. The highest BCUT2D eigenvalue weighted by Gasteiger charge is 2.22. The van der Waals surface area contributed by atoms with E-state index in [1.165, 1.54) is 12.3 Å². The quantitative estimate of drug-likeness (QED) is 0.256. The minimum atomic E-state index is -4.15. The Morgan fingerprint density at radius 3 is 2.43 bits per heavy atom. The third-order valence-electron chi connectivity index (χ3n) is 5.63. The Labute approximate surface area is 218 Å². The fraction of sp³-hybridized carbons (Fsp3) is 0.222. The van der Waals surface area contributed by atoms with Gasteiger partial charge < -0.3 is 9.50 Å². The van der Waals surface area contributed by atoms with Crippen molar-refractivity contribution in [2.45, 2.75) is 37.8 Å². The van der Waals surface area contributed by atoms with Gasteiger partial charge in [-0.25, -0.2) is 4.98 Å². The average molecular weight is 516 g/mol. The van der Waals surface area contributed by atoms with Gasteiger partial charge in [-0.1, -0.05) is 62.4 Å². The number of nitrogens with zero attached hydrogens (tertiary/aromatic N) is 3. The Morgan fingerprint density at radius 1 is 1.03 bits per heavy atom. The molecule has 0 saturated carbocycles. The van der Waals surface area contributed by atoms with Crippen molar-refractivity contribution >= 4 is 23.9 Å². The second-order valence-electron chi connectivity index (χ2n) is 9.24. The monoisotopic (exact) mass is 516 g/mol. The van der Waals surface area contributed by atoms with Gasteiger partial charge in [-0.15, -0.1) is 0 Å². The van der Waals surface area contributed by atoms with Crippen LogP contribution in [-0.2, 0) is 21.5 Å². The van der Waals surface area contributed by atoms with Crippen molar-refractivity contribution < 1.29 is 17.4 Å². The van der Waals surface area contributed by atoms with Crippen LogP contribution in [0, 0.1) is 5.92 Å². The molecule has 37 heavy (non-hydrogen) atoms. The topological polar surface area (TPSA) is 103 Å². The lowest BCUT2D eigenvalue weighted by molar-refractivity contribution is -0.122. The van der Waals surface area contributed by atoms with Gasteiger partial charge >= 0.3 is 10.1 Å². The molecule has 2 heterocycles. The van der Waals surface area contributed by atoms with Gasteiger partial charge in [0.2, 0.25) is 5.91 Å². The summed E-state index contributed by atoms with van der Waals surface area (Å²) < 4.78 is 32.8. The van der Waals surface area contributed by atoms with Gasteiger partial charge in [-0.05, 0) is 54.2 Å².